The van der Waals surface area contributed by atoms with Crippen molar-refractivity contribution in [2.45, 2.75) is 31.3 Å². The SMILES string of the molecule is COc1ccc(CCN2C(=O)N[C@H](CC(=O)N[C@@H](CO)CCSC)C2=O)cc1. The molecule has 8 nitrogen and oxygen atoms in total. The van der Waals surface area contributed by atoms with Crippen LogP contribution in [-0.4, -0.2) is 72.2 Å². The second-order valence-electron chi connectivity index (χ2n) is 6.52. The summed E-state index contributed by atoms with van der Waals surface area (Å²) in [5, 5.41) is 14.6. The number of aliphatic hydroxyl groups excluding tert-OH is 1. The molecule has 4 amide bonds. The standard InChI is InChI=1S/C19H27N3O5S/c1-27-15-5-3-13(4-6-15)7-9-22-18(25)16(21-19(22)26)11-17(24)20-14(12-23)8-10-28-2/h3-6,14,16,23H,7-12H2,1-2H3,(H,20,24)(H,21,26)/t14-,16-/m1/s1. The minimum Gasteiger partial charge on any atom is -0.497 e. The van der Waals surface area contributed by atoms with Crippen LogP contribution in [0.2, 0.25) is 0 Å². The van der Waals surface area contributed by atoms with Crippen LogP contribution in [0, 0.1) is 0 Å². The lowest BCUT2D eigenvalue weighted by atomic mass is 10.1. The van der Waals surface area contributed by atoms with Gasteiger partial charge in [0.05, 0.1) is 26.2 Å². The number of amides is 4. The van der Waals surface area contributed by atoms with Gasteiger partial charge in [-0.1, -0.05) is 12.1 Å². The van der Waals surface area contributed by atoms with E-state index in [2.05, 4.69) is 10.6 Å². The van der Waals surface area contributed by atoms with Gasteiger partial charge in [-0.15, -0.1) is 0 Å². The molecule has 1 aliphatic rings. The van der Waals surface area contributed by atoms with Gasteiger partial charge in [-0.3, -0.25) is 14.5 Å². The van der Waals surface area contributed by atoms with E-state index in [0.29, 0.717) is 12.8 Å². The molecule has 2 rings (SSSR count). The maximum atomic E-state index is 12.5. The highest BCUT2D eigenvalue weighted by Crippen LogP contribution is 2.14. The van der Waals surface area contributed by atoms with E-state index in [1.807, 2.05) is 30.5 Å². The van der Waals surface area contributed by atoms with Gasteiger partial charge in [-0.2, -0.15) is 11.8 Å². The van der Waals surface area contributed by atoms with Crippen molar-refractivity contribution in [3.05, 3.63) is 29.8 Å². The Balaban J connectivity index is 1.85. The third-order valence-electron chi connectivity index (χ3n) is 4.54. The fourth-order valence-corrected chi connectivity index (χ4v) is 3.42. The van der Waals surface area contributed by atoms with Gasteiger partial charge in [0, 0.05) is 6.54 Å². The Labute approximate surface area is 169 Å². The van der Waals surface area contributed by atoms with Crippen molar-refractivity contribution in [2.24, 2.45) is 0 Å². The first-order valence-corrected chi connectivity index (χ1v) is 10.5. The topological polar surface area (TPSA) is 108 Å². The Bertz CT molecular complexity index is 683. The summed E-state index contributed by atoms with van der Waals surface area (Å²) in [6.45, 7) is 0.0767. The summed E-state index contributed by atoms with van der Waals surface area (Å²) >= 11 is 1.62. The summed E-state index contributed by atoms with van der Waals surface area (Å²) < 4.78 is 5.11. The first kappa shape index (κ1) is 22.0. The number of methoxy groups -OCH3 is 1. The van der Waals surface area contributed by atoms with Gasteiger partial charge < -0.3 is 20.5 Å². The molecular formula is C19H27N3O5S. The number of rotatable bonds is 11. The first-order chi connectivity index (χ1) is 13.5. The molecule has 0 spiro atoms. The summed E-state index contributed by atoms with van der Waals surface area (Å²) in [4.78, 5) is 37.9. The van der Waals surface area contributed by atoms with Crippen molar-refractivity contribution < 1.29 is 24.2 Å². The second-order valence-corrected chi connectivity index (χ2v) is 7.51. The number of carbonyl (C=O) groups is 3. The van der Waals surface area contributed by atoms with Gasteiger partial charge in [-0.05, 0) is 42.5 Å². The molecule has 1 aliphatic heterocycles. The van der Waals surface area contributed by atoms with E-state index in [4.69, 9.17) is 4.74 Å². The summed E-state index contributed by atoms with van der Waals surface area (Å²) in [7, 11) is 1.59. The second kappa shape index (κ2) is 10.9. The van der Waals surface area contributed by atoms with Crippen LogP contribution in [0.4, 0.5) is 4.79 Å². The summed E-state index contributed by atoms with van der Waals surface area (Å²) in [5.74, 6) is 0.779. The summed E-state index contributed by atoms with van der Waals surface area (Å²) in [5.41, 5.74) is 0.974. The van der Waals surface area contributed by atoms with Crippen molar-refractivity contribution in [2.75, 3.05) is 32.3 Å². The number of urea groups is 1. The van der Waals surface area contributed by atoms with Gasteiger partial charge in [0.2, 0.25) is 5.91 Å². The minimum absolute atomic E-state index is 0.140. The van der Waals surface area contributed by atoms with Gasteiger partial charge in [0.25, 0.3) is 5.91 Å². The molecule has 0 bridgehead atoms. The first-order valence-electron chi connectivity index (χ1n) is 9.12. The number of hydrogen-bond acceptors (Lipinski definition) is 6. The molecule has 154 valence electrons. The largest absolute Gasteiger partial charge is 0.497 e. The van der Waals surface area contributed by atoms with Crippen molar-refractivity contribution in [1.29, 1.82) is 0 Å². The molecule has 9 heteroatoms. The third kappa shape index (κ3) is 6.13. The van der Waals surface area contributed by atoms with Crippen LogP contribution in [0.15, 0.2) is 24.3 Å². The molecule has 0 aliphatic carbocycles. The number of nitrogens with zero attached hydrogens (tertiary/aromatic N) is 1. The van der Waals surface area contributed by atoms with Crippen molar-refractivity contribution >= 4 is 29.6 Å². The fraction of sp³-hybridized carbons (Fsp3) is 0.526. The highest BCUT2D eigenvalue weighted by Gasteiger charge is 2.38. The van der Waals surface area contributed by atoms with Gasteiger partial charge >= 0.3 is 6.03 Å². The van der Waals surface area contributed by atoms with E-state index >= 15 is 0 Å². The Morgan fingerprint density at radius 2 is 2.07 bits per heavy atom. The monoisotopic (exact) mass is 409 g/mol. The number of ether oxygens (including phenoxy) is 1. The number of carbonyl (C=O) groups excluding carboxylic acids is 3. The third-order valence-corrected chi connectivity index (χ3v) is 5.18. The highest BCUT2D eigenvalue weighted by atomic mass is 32.2. The van der Waals surface area contributed by atoms with Gasteiger partial charge in [0.1, 0.15) is 11.8 Å². The molecule has 1 fully saturated rings. The van der Waals surface area contributed by atoms with Crippen LogP contribution in [0.5, 0.6) is 5.75 Å². The lowest BCUT2D eigenvalue weighted by Gasteiger charge is -2.17. The number of benzene rings is 1. The molecule has 2 atom stereocenters. The van der Waals surface area contributed by atoms with Crippen LogP contribution < -0.4 is 15.4 Å². The zero-order valence-corrected chi connectivity index (χ0v) is 17.0. The molecule has 1 aromatic rings. The van der Waals surface area contributed by atoms with Crippen LogP contribution >= 0.6 is 11.8 Å². The van der Waals surface area contributed by atoms with Crippen molar-refractivity contribution in [3.8, 4) is 5.75 Å². The highest BCUT2D eigenvalue weighted by molar-refractivity contribution is 7.98. The Hall–Kier alpha value is -2.26. The average Bonchev–Trinajstić information content (AvgIpc) is 2.96. The normalized spacial score (nSPS) is 17.4. The van der Waals surface area contributed by atoms with Crippen LogP contribution in [0.25, 0.3) is 0 Å². The fourth-order valence-electron chi connectivity index (χ4n) is 2.90. The van der Waals surface area contributed by atoms with E-state index in [9.17, 15) is 19.5 Å². The molecule has 1 saturated heterocycles. The van der Waals surface area contributed by atoms with Crippen molar-refractivity contribution in [3.63, 3.8) is 0 Å². The molecule has 1 aromatic carbocycles. The molecule has 1 heterocycles. The molecule has 0 unspecified atom stereocenters. The van der Waals surface area contributed by atoms with E-state index in [1.54, 1.807) is 18.9 Å². The van der Waals surface area contributed by atoms with E-state index in [1.165, 1.54) is 0 Å². The number of hydrogen-bond donors (Lipinski definition) is 3. The molecule has 0 aromatic heterocycles. The molecule has 3 N–H and O–H groups in total. The average molecular weight is 410 g/mol. The molecule has 0 saturated carbocycles. The van der Waals surface area contributed by atoms with Crippen LogP contribution in [0.1, 0.15) is 18.4 Å². The summed E-state index contributed by atoms with van der Waals surface area (Å²) in [6, 6.07) is 5.70. The van der Waals surface area contributed by atoms with E-state index in [-0.39, 0.29) is 31.5 Å². The predicted molar refractivity (Wildman–Crippen MR) is 107 cm³/mol. The Morgan fingerprint density at radius 3 is 2.68 bits per heavy atom. The van der Waals surface area contributed by atoms with E-state index in [0.717, 1.165) is 22.0 Å². The van der Waals surface area contributed by atoms with E-state index < -0.39 is 18.0 Å². The zero-order chi connectivity index (χ0) is 20.5. The number of imide groups is 1. The number of aliphatic hydroxyl groups is 1. The summed E-state index contributed by atoms with van der Waals surface area (Å²) in [6.07, 6.45) is 2.97. The maximum Gasteiger partial charge on any atom is 0.324 e. The quantitative estimate of drug-likeness (QED) is 0.466. The number of thioether (sulfide) groups is 1. The van der Waals surface area contributed by atoms with Gasteiger partial charge in [-0.25, -0.2) is 4.79 Å². The lowest BCUT2D eigenvalue weighted by Crippen LogP contribution is -2.42. The Kier molecular flexibility index (Phi) is 8.59. The van der Waals surface area contributed by atoms with Gasteiger partial charge in [0.15, 0.2) is 0 Å². The molecular weight excluding hydrogens is 382 g/mol. The Morgan fingerprint density at radius 1 is 1.36 bits per heavy atom. The minimum atomic E-state index is -0.872. The van der Waals surface area contributed by atoms with Crippen LogP contribution in [0.3, 0.4) is 0 Å². The zero-order valence-electron chi connectivity index (χ0n) is 16.1. The number of nitrogens with one attached hydrogen (secondary N) is 2. The predicted octanol–water partition coefficient (Wildman–Crippen LogP) is 0.778. The van der Waals surface area contributed by atoms with Crippen molar-refractivity contribution in [1.82, 2.24) is 15.5 Å². The maximum absolute atomic E-state index is 12.5. The molecule has 0 radical (unpaired) electrons. The lowest BCUT2D eigenvalue weighted by molar-refractivity contribution is -0.131. The van der Waals surface area contributed by atoms with Crippen LogP contribution in [-0.2, 0) is 16.0 Å². The molecule has 28 heavy (non-hydrogen) atoms. The smallest absolute Gasteiger partial charge is 0.324 e.